The van der Waals surface area contributed by atoms with E-state index >= 15 is 0 Å². The molecule has 124 valence electrons. The second-order valence-corrected chi connectivity index (χ2v) is 6.38. The second kappa shape index (κ2) is 6.90. The number of carbonyl (C=O) groups is 1. The van der Waals surface area contributed by atoms with E-state index in [0.29, 0.717) is 13.0 Å². The molecule has 0 spiro atoms. The average Bonchev–Trinajstić information content (AvgIpc) is 2.96. The van der Waals surface area contributed by atoms with Crippen LogP contribution in [0.5, 0.6) is 5.75 Å². The van der Waals surface area contributed by atoms with E-state index in [2.05, 4.69) is 31.7 Å². The highest BCUT2D eigenvalue weighted by Crippen LogP contribution is 2.36. The fraction of sp³-hybridized carbons (Fsp3) is 0.438. The Labute approximate surface area is 143 Å². The lowest BCUT2D eigenvalue weighted by Crippen LogP contribution is -2.60. The molecule has 0 saturated carbocycles. The third-order valence-corrected chi connectivity index (χ3v) is 4.78. The summed E-state index contributed by atoms with van der Waals surface area (Å²) in [6, 6.07) is 7.63. The lowest BCUT2D eigenvalue weighted by molar-refractivity contribution is -0.148. The quantitative estimate of drug-likeness (QED) is 0.778. The first-order chi connectivity index (χ1) is 11.1. The molecule has 2 aliphatic rings. The molecule has 1 saturated heterocycles. The zero-order valence-corrected chi connectivity index (χ0v) is 14.7. The molecule has 1 aromatic rings. The molecule has 0 bridgehead atoms. The van der Waals surface area contributed by atoms with E-state index in [0.717, 1.165) is 15.8 Å². The van der Waals surface area contributed by atoms with Crippen molar-refractivity contribution < 1.29 is 14.3 Å². The van der Waals surface area contributed by atoms with Crippen LogP contribution in [0.3, 0.4) is 0 Å². The maximum absolute atomic E-state index is 12.2. The number of rotatable bonds is 4. The van der Waals surface area contributed by atoms with Gasteiger partial charge in [0.2, 0.25) is 0 Å². The van der Waals surface area contributed by atoms with Gasteiger partial charge in [0.15, 0.2) is 0 Å². The Kier molecular flexibility index (Phi) is 4.89. The topological polar surface area (TPSA) is 62.8 Å². The molecule has 7 heteroatoms. The van der Waals surface area contributed by atoms with Gasteiger partial charge in [0.25, 0.3) is 0 Å². The molecular formula is C16H20BrN3O3. The van der Waals surface area contributed by atoms with Gasteiger partial charge in [0.05, 0.1) is 19.8 Å². The highest BCUT2D eigenvalue weighted by atomic mass is 79.9. The van der Waals surface area contributed by atoms with Gasteiger partial charge < -0.3 is 14.9 Å². The first-order valence-electron chi connectivity index (χ1n) is 7.60. The van der Waals surface area contributed by atoms with Gasteiger partial charge in [-0.25, -0.2) is 0 Å². The van der Waals surface area contributed by atoms with Gasteiger partial charge in [-0.05, 0) is 31.0 Å². The molecule has 6 nitrogen and oxygen atoms in total. The molecule has 0 aliphatic carbocycles. The molecule has 1 fully saturated rings. The summed E-state index contributed by atoms with van der Waals surface area (Å²) in [5.74, 6) is 0.604. The van der Waals surface area contributed by atoms with Crippen molar-refractivity contribution in [3.63, 3.8) is 0 Å². The van der Waals surface area contributed by atoms with Gasteiger partial charge in [0, 0.05) is 10.7 Å². The molecule has 23 heavy (non-hydrogen) atoms. The predicted molar refractivity (Wildman–Crippen MR) is 89.7 cm³/mol. The number of ether oxygens (including phenoxy) is 2. The van der Waals surface area contributed by atoms with E-state index in [1.54, 1.807) is 7.11 Å². The number of nitrogens with one attached hydrogen (secondary N) is 2. The maximum Gasteiger partial charge on any atom is 0.323 e. The molecule has 2 aliphatic heterocycles. The van der Waals surface area contributed by atoms with Gasteiger partial charge in [0.1, 0.15) is 18.0 Å². The van der Waals surface area contributed by atoms with Crippen molar-refractivity contribution in [1.29, 1.82) is 0 Å². The molecule has 1 aromatic carbocycles. The Morgan fingerprint density at radius 3 is 2.78 bits per heavy atom. The Hall–Kier alpha value is -1.57. The van der Waals surface area contributed by atoms with Gasteiger partial charge >= 0.3 is 5.97 Å². The highest BCUT2D eigenvalue weighted by Gasteiger charge is 2.42. The number of esters is 1. The smallest absolute Gasteiger partial charge is 0.323 e. The first-order valence-corrected chi connectivity index (χ1v) is 8.40. The van der Waals surface area contributed by atoms with Gasteiger partial charge in [-0.3, -0.25) is 10.1 Å². The third-order valence-electron chi connectivity index (χ3n) is 4.12. The van der Waals surface area contributed by atoms with E-state index < -0.39 is 0 Å². The van der Waals surface area contributed by atoms with E-state index in [1.807, 2.05) is 37.4 Å². The molecule has 3 unspecified atom stereocenters. The molecule has 0 aromatic heterocycles. The van der Waals surface area contributed by atoms with E-state index in [4.69, 9.17) is 9.47 Å². The maximum atomic E-state index is 12.2. The van der Waals surface area contributed by atoms with Gasteiger partial charge in [-0.1, -0.05) is 28.1 Å². The number of fused-ring (bicyclic) bond motifs is 1. The number of nitrogens with zero attached hydrogens (tertiary/aromatic N) is 1. The third kappa shape index (κ3) is 3.22. The van der Waals surface area contributed by atoms with Crippen molar-refractivity contribution in [2.45, 2.75) is 31.6 Å². The SMILES string of the molecule is CCOC(=O)C1CC(c2ccc(OC)cc2)N2NC=C(Br)C2N1. The van der Waals surface area contributed by atoms with E-state index in [1.165, 1.54) is 0 Å². The number of hydrazine groups is 1. The van der Waals surface area contributed by atoms with E-state index in [9.17, 15) is 4.79 Å². The van der Waals surface area contributed by atoms with Crippen molar-refractivity contribution in [3.05, 3.63) is 40.5 Å². The number of methoxy groups -OCH3 is 1. The molecule has 0 amide bonds. The van der Waals surface area contributed by atoms with Crippen molar-refractivity contribution >= 4 is 21.9 Å². The first kappa shape index (κ1) is 16.3. The largest absolute Gasteiger partial charge is 0.497 e. The number of halogens is 1. The number of carbonyl (C=O) groups excluding carboxylic acids is 1. The van der Waals surface area contributed by atoms with Crippen LogP contribution in [0.25, 0.3) is 0 Å². The van der Waals surface area contributed by atoms with Crippen LogP contribution < -0.4 is 15.5 Å². The van der Waals surface area contributed by atoms with Gasteiger partial charge in [-0.2, -0.15) is 5.01 Å². The number of hydrogen-bond donors (Lipinski definition) is 2. The summed E-state index contributed by atoms with van der Waals surface area (Å²) in [5.41, 5.74) is 4.38. The molecule has 2 heterocycles. The Bertz CT molecular complexity index is 605. The van der Waals surface area contributed by atoms with Crippen LogP contribution in [-0.2, 0) is 9.53 Å². The Morgan fingerprint density at radius 1 is 1.39 bits per heavy atom. The number of hydrogen-bond acceptors (Lipinski definition) is 6. The predicted octanol–water partition coefficient (Wildman–Crippen LogP) is 2.04. The minimum absolute atomic E-state index is 0.0489. The molecule has 0 radical (unpaired) electrons. The zero-order valence-electron chi connectivity index (χ0n) is 13.1. The molecule has 3 atom stereocenters. The minimum Gasteiger partial charge on any atom is -0.497 e. The summed E-state index contributed by atoms with van der Waals surface area (Å²) < 4.78 is 11.4. The molecule has 3 rings (SSSR count). The second-order valence-electron chi connectivity index (χ2n) is 5.46. The van der Waals surface area contributed by atoms with E-state index in [-0.39, 0.29) is 24.2 Å². The lowest BCUT2D eigenvalue weighted by atomic mass is 9.95. The van der Waals surface area contributed by atoms with Crippen LogP contribution in [0.4, 0.5) is 0 Å². The Morgan fingerprint density at radius 2 is 2.13 bits per heavy atom. The van der Waals surface area contributed by atoms with Crippen LogP contribution in [0, 0.1) is 0 Å². The summed E-state index contributed by atoms with van der Waals surface area (Å²) in [6.45, 7) is 2.20. The normalized spacial score (nSPS) is 26.9. The van der Waals surface area contributed by atoms with Crippen molar-refractivity contribution in [2.24, 2.45) is 0 Å². The summed E-state index contributed by atoms with van der Waals surface area (Å²) in [5, 5.41) is 5.42. The van der Waals surface area contributed by atoms with Crippen LogP contribution in [0.2, 0.25) is 0 Å². The van der Waals surface area contributed by atoms with Crippen molar-refractivity contribution in [1.82, 2.24) is 15.8 Å². The van der Waals surface area contributed by atoms with Gasteiger partial charge in [-0.15, -0.1) is 0 Å². The minimum atomic E-state index is -0.343. The Balaban J connectivity index is 1.85. The summed E-state index contributed by atoms with van der Waals surface area (Å²) in [4.78, 5) is 12.2. The number of benzene rings is 1. The van der Waals surface area contributed by atoms with Crippen molar-refractivity contribution in [2.75, 3.05) is 13.7 Å². The van der Waals surface area contributed by atoms with Crippen LogP contribution in [0.1, 0.15) is 24.9 Å². The fourth-order valence-corrected chi connectivity index (χ4v) is 3.43. The standard InChI is InChI=1S/C16H20BrN3O3/c1-3-23-16(21)13-8-14(10-4-6-11(22-2)7-5-10)20-15(19-13)12(17)9-18-20/h4-7,9,13-15,18-19H,3,8H2,1-2H3. The average molecular weight is 382 g/mol. The summed E-state index contributed by atoms with van der Waals surface area (Å²) in [6.07, 6.45) is 2.43. The summed E-state index contributed by atoms with van der Waals surface area (Å²) >= 11 is 3.54. The fourth-order valence-electron chi connectivity index (χ4n) is 2.98. The zero-order chi connectivity index (χ0) is 16.4. The molecule has 2 N–H and O–H groups in total. The summed E-state index contributed by atoms with van der Waals surface area (Å²) in [7, 11) is 1.65. The lowest BCUT2D eigenvalue weighted by Gasteiger charge is -2.41. The van der Waals surface area contributed by atoms with Crippen LogP contribution in [-0.4, -0.2) is 36.9 Å². The molecular weight excluding hydrogens is 362 g/mol. The van der Waals surface area contributed by atoms with Crippen LogP contribution in [0.15, 0.2) is 34.9 Å². The monoisotopic (exact) mass is 381 g/mol. The van der Waals surface area contributed by atoms with Crippen LogP contribution >= 0.6 is 15.9 Å². The van der Waals surface area contributed by atoms with Crippen molar-refractivity contribution in [3.8, 4) is 5.75 Å². The highest BCUT2D eigenvalue weighted by molar-refractivity contribution is 9.11.